The van der Waals surface area contributed by atoms with Crippen molar-refractivity contribution in [2.45, 2.75) is 12.1 Å². The molecule has 5 rings (SSSR count). The summed E-state index contributed by atoms with van der Waals surface area (Å²) in [4.78, 5) is 37.4. The molecule has 0 aromatic heterocycles. The molecule has 0 spiro atoms. The minimum Gasteiger partial charge on any atom is -0.395 e. The Morgan fingerprint density at radius 2 is 1.51 bits per heavy atom. The second-order valence-electron chi connectivity index (χ2n) is 9.36. The fraction of sp³-hybridized carbons (Fsp3) is 0.276. The topological polar surface area (TPSA) is 102 Å². The van der Waals surface area contributed by atoms with Crippen LogP contribution in [0.4, 0.5) is 0 Å². The summed E-state index contributed by atoms with van der Waals surface area (Å²) in [5.41, 5.74) is 8.00. The number of carbonyl (C=O) groups excluding carboxylic acids is 2. The summed E-state index contributed by atoms with van der Waals surface area (Å²) in [7, 11) is 0. The van der Waals surface area contributed by atoms with E-state index in [4.69, 9.17) is 15.8 Å². The molecule has 8 heteroatoms. The maximum atomic E-state index is 14.0. The van der Waals surface area contributed by atoms with E-state index < -0.39 is 5.54 Å². The van der Waals surface area contributed by atoms with Gasteiger partial charge in [0.1, 0.15) is 0 Å². The highest BCUT2D eigenvalue weighted by Gasteiger charge is 2.50. The second-order valence-corrected chi connectivity index (χ2v) is 9.36. The monoisotopic (exact) mass is 497 g/mol. The number of aliphatic imine (C=N–C) groups is 1. The number of benzene rings is 3. The first-order valence-corrected chi connectivity index (χ1v) is 12.5. The number of rotatable bonds is 7. The molecule has 2 aliphatic heterocycles. The first kappa shape index (κ1) is 24.7. The molecule has 8 nitrogen and oxygen atoms in total. The standard InChI is InChI=1S/C29H31N5O3/c30-28-31-29(24-10-3-1-4-11-24,25-12-5-2-6-13-25)27(37)34(28)21-22-8-7-9-23(20-22)26(36)33-16-14-32(15-17-33)18-19-35/h1-13,20,35H,14-19,21H2,(H2,30,31). The molecule has 0 aliphatic carbocycles. The summed E-state index contributed by atoms with van der Waals surface area (Å²) >= 11 is 0. The zero-order chi connectivity index (χ0) is 25.8. The summed E-state index contributed by atoms with van der Waals surface area (Å²) in [6, 6.07) is 26.3. The molecule has 0 unspecified atom stereocenters. The third-order valence-corrected chi connectivity index (χ3v) is 7.09. The zero-order valence-corrected chi connectivity index (χ0v) is 20.7. The highest BCUT2D eigenvalue weighted by atomic mass is 16.3. The van der Waals surface area contributed by atoms with Gasteiger partial charge >= 0.3 is 0 Å². The Morgan fingerprint density at radius 1 is 0.892 bits per heavy atom. The van der Waals surface area contributed by atoms with Crippen molar-refractivity contribution in [3.63, 3.8) is 0 Å². The van der Waals surface area contributed by atoms with Crippen LogP contribution in [0.3, 0.4) is 0 Å². The van der Waals surface area contributed by atoms with Crippen LogP contribution in [-0.2, 0) is 16.9 Å². The lowest BCUT2D eigenvalue weighted by atomic mass is 9.83. The Hall–Kier alpha value is -4.01. The van der Waals surface area contributed by atoms with Crippen LogP contribution < -0.4 is 5.73 Å². The van der Waals surface area contributed by atoms with Crippen molar-refractivity contribution >= 4 is 17.8 Å². The molecule has 0 saturated carbocycles. The molecule has 0 bridgehead atoms. The van der Waals surface area contributed by atoms with Crippen LogP contribution in [0.1, 0.15) is 27.0 Å². The van der Waals surface area contributed by atoms with Gasteiger partial charge in [0.25, 0.3) is 11.8 Å². The quantitative estimate of drug-likeness (QED) is 0.520. The Morgan fingerprint density at radius 3 is 2.11 bits per heavy atom. The van der Waals surface area contributed by atoms with Gasteiger partial charge in [-0.15, -0.1) is 0 Å². The highest BCUT2D eigenvalue weighted by molar-refractivity contribution is 6.09. The Balaban J connectivity index is 1.38. The van der Waals surface area contributed by atoms with E-state index in [0.29, 0.717) is 25.2 Å². The predicted octanol–water partition coefficient (Wildman–Crippen LogP) is 2.04. The van der Waals surface area contributed by atoms with Crippen LogP contribution in [0, 0.1) is 0 Å². The van der Waals surface area contributed by atoms with Crippen LogP contribution in [0.25, 0.3) is 0 Å². The van der Waals surface area contributed by atoms with Gasteiger partial charge in [-0.05, 0) is 28.8 Å². The molecule has 3 N–H and O–H groups in total. The molecular weight excluding hydrogens is 466 g/mol. The van der Waals surface area contributed by atoms with E-state index in [1.165, 1.54) is 4.90 Å². The Labute approximate surface area is 216 Å². The van der Waals surface area contributed by atoms with E-state index in [0.717, 1.165) is 29.8 Å². The lowest BCUT2D eigenvalue weighted by molar-refractivity contribution is -0.130. The molecule has 2 heterocycles. The predicted molar refractivity (Wildman–Crippen MR) is 142 cm³/mol. The van der Waals surface area contributed by atoms with Crippen LogP contribution in [0.15, 0.2) is 89.9 Å². The van der Waals surface area contributed by atoms with Crippen molar-refractivity contribution in [2.75, 3.05) is 39.3 Å². The summed E-state index contributed by atoms with van der Waals surface area (Å²) < 4.78 is 0. The summed E-state index contributed by atoms with van der Waals surface area (Å²) in [5.74, 6) is -0.114. The fourth-order valence-corrected chi connectivity index (χ4v) is 5.12. The van der Waals surface area contributed by atoms with Crippen LogP contribution in [0.5, 0.6) is 0 Å². The van der Waals surface area contributed by atoms with Crippen molar-refractivity contribution < 1.29 is 14.7 Å². The average molecular weight is 498 g/mol. The van der Waals surface area contributed by atoms with Crippen molar-refractivity contribution in [3.05, 3.63) is 107 Å². The first-order chi connectivity index (χ1) is 18.0. The second kappa shape index (κ2) is 10.5. The maximum absolute atomic E-state index is 14.0. The van der Waals surface area contributed by atoms with Gasteiger partial charge < -0.3 is 15.7 Å². The molecule has 2 aliphatic rings. The summed E-state index contributed by atoms with van der Waals surface area (Å²) in [6.07, 6.45) is 0. The lowest BCUT2D eigenvalue weighted by Gasteiger charge is -2.34. The number of amides is 2. The van der Waals surface area contributed by atoms with E-state index in [1.54, 1.807) is 6.07 Å². The molecule has 3 aromatic carbocycles. The largest absolute Gasteiger partial charge is 0.395 e. The number of β-amino-alcohol motifs (C(OH)–C–C–N with tert-alkyl or cyclic N) is 1. The highest BCUT2D eigenvalue weighted by Crippen LogP contribution is 2.40. The van der Waals surface area contributed by atoms with Crippen molar-refractivity contribution in [3.8, 4) is 0 Å². The van der Waals surface area contributed by atoms with Gasteiger partial charge in [0.15, 0.2) is 11.5 Å². The number of guanidine groups is 1. The van der Waals surface area contributed by atoms with Crippen LogP contribution in [0.2, 0.25) is 0 Å². The molecular formula is C29H31N5O3. The van der Waals surface area contributed by atoms with Gasteiger partial charge in [-0.2, -0.15) is 0 Å². The molecule has 1 saturated heterocycles. The number of nitrogens with zero attached hydrogens (tertiary/aromatic N) is 4. The number of carbonyl (C=O) groups is 2. The zero-order valence-electron chi connectivity index (χ0n) is 20.7. The summed E-state index contributed by atoms with van der Waals surface area (Å²) in [5, 5.41) is 9.15. The number of piperazine rings is 1. The van der Waals surface area contributed by atoms with Gasteiger partial charge in [-0.1, -0.05) is 72.8 Å². The van der Waals surface area contributed by atoms with Crippen molar-refractivity contribution in [1.29, 1.82) is 0 Å². The minimum absolute atomic E-state index is 0.0391. The van der Waals surface area contributed by atoms with E-state index in [-0.39, 0.29) is 30.9 Å². The maximum Gasteiger partial charge on any atom is 0.266 e. The molecule has 3 aromatic rings. The van der Waals surface area contributed by atoms with Crippen LogP contribution >= 0.6 is 0 Å². The van der Waals surface area contributed by atoms with Gasteiger partial charge in [-0.3, -0.25) is 19.4 Å². The minimum atomic E-state index is -1.26. The number of nitrogens with two attached hydrogens (primary N) is 1. The van der Waals surface area contributed by atoms with Gasteiger partial charge in [0, 0.05) is 38.3 Å². The number of hydrogen-bond donors (Lipinski definition) is 2. The van der Waals surface area contributed by atoms with E-state index in [1.807, 2.05) is 83.8 Å². The molecule has 0 radical (unpaired) electrons. The first-order valence-electron chi connectivity index (χ1n) is 12.5. The van der Waals surface area contributed by atoms with E-state index in [2.05, 4.69) is 4.90 Å². The number of aliphatic hydroxyl groups excluding tert-OH is 1. The molecule has 190 valence electrons. The normalized spacial score (nSPS) is 17.6. The van der Waals surface area contributed by atoms with Crippen molar-refractivity contribution in [1.82, 2.24) is 14.7 Å². The van der Waals surface area contributed by atoms with E-state index in [9.17, 15) is 9.59 Å². The fourth-order valence-electron chi connectivity index (χ4n) is 5.12. The third-order valence-electron chi connectivity index (χ3n) is 7.09. The number of aliphatic hydroxyl groups is 1. The van der Waals surface area contributed by atoms with Crippen molar-refractivity contribution in [2.24, 2.45) is 10.7 Å². The Kier molecular flexibility index (Phi) is 7.03. The van der Waals surface area contributed by atoms with Crippen LogP contribution in [-0.4, -0.2) is 76.9 Å². The third kappa shape index (κ3) is 4.73. The SMILES string of the molecule is NC1=NC(c2ccccc2)(c2ccccc2)C(=O)N1Cc1cccc(C(=O)N2CCN(CCO)CC2)c1. The average Bonchev–Trinajstić information content (AvgIpc) is 3.20. The Bertz CT molecular complexity index is 1250. The van der Waals surface area contributed by atoms with Gasteiger partial charge in [0.2, 0.25) is 0 Å². The van der Waals surface area contributed by atoms with Gasteiger partial charge in [0.05, 0.1) is 13.2 Å². The molecule has 1 fully saturated rings. The van der Waals surface area contributed by atoms with E-state index >= 15 is 0 Å². The van der Waals surface area contributed by atoms with Gasteiger partial charge in [-0.25, -0.2) is 4.99 Å². The summed E-state index contributed by atoms with van der Waals surface area (Å²) in [6.45, 7) is 3.66. The lowest BCUT2D eigenvalue weighted by Crippen LogP contribution is -2.49. The number of hydrogen-bond acceptors (Lipinski definition) is 6. The molecule has 37 heavy (non-hydrogen) atoms. The smallest absolute Gasteiger partial charge is 0.266 e. The molecule has 0 atom stereocenters. The molecule has 2 amide bonds.